The van der Waals surface area contributed by atoms with E-state index in [-0.39, 0.29) is 0 Å². The van der Waals surface area contributed by atoms with Gasteiger partial charge < -0.3 is 5.73 Å². The Bertz CT molecular complexity index is 408. The van der Waals surface area contributed by atoms with Crippen LogP contribution in [-0.2, 0) is 6.54 Å². The van der Waals surface area contributed by atoms with Crippen molar-refractivity contribution in [2.75, 3.05) is 0 Å². The van der Waals surface area contributed by atoms with Gasteiger partial charge in [-0.05, 0) is 27.6 Å². The molecule has 0 saturated heterocycles. The third-order valence-corrected chi connectivity index (χ3v) is 2.79. The van der Waals surface area contributed by atoms with Gasteiger partial charge >= 0.3 is 0 Å². The van der Waals surface area contributed by atoms with Crippen molar-refractivity contribution in [1.82, 2.24) is 10.2 Å². The molecule has 0 aliphatic carbocycles. The fourth-order valence-corrected chi connectivity index (χ4v) is 1.80. The molecule has 0 bridgehead atoms. The van der Waals surface area contributed by atoms with Gasteiger partial charge in [0.25, 0.3) is 0 Å². The lowest BCUT2D eigenvalue weighted by Gasteiger charge is -2.00. The van der Waals surface area contributed by atoms with Crippen LogP contribution in [0.3, 0.4) is 0 Å². The van der Waals surface area contributed by atoms with Crippen LogP contribution in [0.1, 0.15) is 5.56 Å². The van der Waals surface area contributed by atoms with Crippen molar-refractivity contribution in [3.8, 4) is 0 Å². The molecule has 1 heterocycles. The van der Waals surface area contributed by atoms with Crippen molar-refractivity contribution in [3.05, 3.63) is 28.4 Å². The van der Waals surface area contributed by atoms with Crippen LogP contribution in [0.2, 0.25) is 0 Å². The van der Waals surface area contributed by atoms with Gasteiger partial charge in [0.05, 0.1) is 11.7 Å². The predicted octanol–water partition coefficient (Wildman–Crippen LogP) is 1.78. The lowest BCUT2D eigenvalue weighted by atomic mass is 10.2. The van der Waals surface area contributed by atoms with E-state index in [9.17, 15) is 0 Å². The number of aromatic nitrogens is 2. The summed E-state index contributed by atoms with van der Waals surface area (Å²) < 4.78 is 1.04. The van der Waals surface area contributed by atoms with Crippen molar-refractivity contribution < 1.29 is 0 Å². The molecule has 0 fully saturated rings. The molecule has 62 valence electrons. The quantitative estimate of drug-likeness (QED) is 0.778. The van der Waals surface area contributed by atoms with Crippen LogP contribution in [0, 0.1) is 0 Å². The number of hydrogen-bond acceptors (Lipinski definition) is 2. The van der Waals surface area contributed by atoms with Gasteiger partial charge in [-0.25, -0.2) is 0 Å². The van der Waals surface area contributed by atoms with Crippen LogP contribution in [0.5, 0.6) is 0 Å². The number of fused-ring (bicyclic) bond motifs is 1. The van der Waals surface area contributed by atoms with E-state index in [0.29, 0.717) is 6.54 Å². The van der Waals surface area contributed by atoms with Crippen LogP contribution >= 0.6 is 15.9 Å². The number of aromatic amines is 1. The average Bonchev–Trinajstić information content (AvgIpc) is 2.53. The van der Waals surface area contributed by atoms with Gasteiger partial charge in [0, 0.05) is 16.4 Å². The Kier molecular flexibility index (Phi) is 1.86. The van der Waals surface area contributed by atoms with E-state index < -0.39 is 0 Å². The zero-order valence-electron chi connectivity index (χ0n) is 6.34. The molecule has 0 radical (unpaired) electrons. The summed E-state index contributed by atoms with van der Waals surface area (Å²) in [5.74, 6) is 0. The highest BCUT2D eigenvalue weighted by Gasteiger charge is 2.03. The zero-order valence-corrected chi connectivity index (χ0v) is 7.93. The van der Waals surface area contributed by atoms with Gasteiger partial charge in [-0.15, -0.1) is 0 Å². The van der Waals surface area contributed by atoms with E-state index in [2.05, 4.69) is 26.1 Å². The molecule has 0 unspecified atom stereocenters. The monoisotopic (exact) mass is 225 g/mol. The van der Waals surface area contributed by atoms with Gasteiger partial charge in [0.1, 0.15) is 0 Å². The molecule has 1 aromatic carbocycles. The Labute approximate surface area is 78.1 Å². The maximum atomic E-state index is 5.55. The smallest absolute Gasteiger partial charge is 0.0661 e. The first kappa shape index (κ1) is 7.76. The van der Waals surface area contributed by atoms with Gasteiger partial charge in [0.2, 0.25) is 0 Å². The minimum atomic E-state index is 0.543. The van der Waals surface area contributed by atoms with Gasteiger partial charge in [-0.3, -0.25) is 5.10 Å². The van der Waals surface area contributed by atoms with Crippen molar-refractivity contribution in [2.24, 2.45) is 5.73 Å². The van der Waals surface area contributed by atoms with Crippen LogP contribution in [0.4, 0.5) is 0 Å². The molecule has 0 aliphatic rings. The Balaban J connectivity index is 2.78. The van der Waals surface area contributed by atoms with Crippen molar-refractivity contribution >= 4 is 26.8 Å². The summed E-state index contributed by atoms with van der Waals surface area (Å²) in [4.78, 5) is 0. The van der Waals surface area contributed by atoms with E-state index in [0.717, 1.165) is 20.9 Å². The lowest BCUT2D eigenvalue weighted by molar-refractivity contribution is 1.07. The second-order valence-electron chi connectivity index (χ2n) is 2.57. The van der Waals surface area contributed by atoms with Crippen molar-refractivity contribution in [2.45, 2.75) is 6.54 Å². The maximum Gasteiger partial charge on any atom is 0.0661 e. The number of halogens is 1. The zero-order chi connectivity index (χ0) is 8.55. The summed E-state index contributed by atoms with van der Waals surface area (Å²) >= 11 is 3.48. The Hall–Kier alpha value is -0.870. The lowest BCUT2D eigenvalue weighted by Crippen LogP contribution is -1.96. The summed E-state index contributed by atoms with van der Waals surface area (Å²) in [5.41, 5.74) is 7.68. The molecule has 4 heteroatoms. The minimum absolute atomic E-state index is 0.543. The Morgan fingerprint density at radius 3 is 3.08 bits per heavy atom. The SMILES string of the molecule is NCc1ccc2[nH]ncc2c1Br. The third-order valence-electron chi connectivity index (χ3n) is 1.86. The molecule has 12 heavy (non-hydrogen) atoms. The number of nitrogens with two attached hydrogens (primary N) is 1. The van der Waals surface area contributed by atoms with Gasteiger partial charge in [0.15, 0.2) is 0 Å². The molecular weight excluding hydrogens is 218 g/mol. The standard InChI is InChI=1S/C8H8BrN3/c9-8-5(3-10)1-2-7-6(8)4-11-12-7/h1-2,4H,3,10H2,(H,11,12). The van der Waals surface area contributed by atoms with Gasteiger partial charge in [-0.2, -0.15) is 5.10 Å². The molecule has 2 aromatic rings. The fraction of sp³-hybridized carbons (Fsp3) is 0.125. The van der Waals surface area contributed by atoms with Crippen LogP contribution in [0.25, 0.3) is 10.9 Å². The fourth-order valence-electron chi connectivity index (χ4n) is 1.19. The minimum Gasteiger partial charge on any atom is -0.326 e. The second kappa shape index (κ2) is 2.88. The molecule has 0 aliphatic heterocycles. The number of nitrogens with one attached hydrogen (secondary N) is 1. The number of hydrogen-bond donors (Lipinski definition) is 2. The Morgan fingerprint density at radius 2 is 2.33 bits per heavy atom. The summed E-state index contributed by atoms with van der Waals surface area (Å²) in [6.45, 7) is 0.543. The molecule has 3 nitrogen and oxygen atoms in total. The molecule has 2 rings (SSSR count). The maximum absolute atomic E-state index is 5.55. The summed E-state index contributed by atoms with van der Waals surface area (Å²) in [6, 6.07) is 3.97. The summed E-state index contributed by atoms with van der Waals surface area (Å²) in [5, 5.41) is 7.91. The Morgan fingerprint density at radius 1 is 1.50 bits per heavy atom. The van der Waals surface area contributed by atoms with Crippen LogP contribution in [-0.4, -0.2) is 10.2 Å². The van der Waals surface area contributed by atoms with E-state index in [1.807, 2.05) is 12.1 Å². The van der Waals surface area contributed by atoms with E-state index >= 15 is 0 Å². The first-order valence-corrected chi connectivity index (χ1v) is 4.42. The summed E-state index contributed by atoms with van der Waals surface area (Å²) in [7, 11) is 0. The number of rotatable bonds is 1. The van der Waals surface area contributed by atoms with Crippen LogP contribution < -0.4 is 5.73 Å². The van der Waals surface area contributed by atoms with E-state index in [1.165, 1.54) is 0 Å². The highest BCUT2D eigenvalue weighted by atomic mass is 79.9. The molecular formula is C8H8BrN3. The number of H-pyrrole nitrogens is 1. The molecule has 0 saturated carbocycles. The molecule has 0 spiro atoms. The molecule has 3 N–H and O–H groups in total. The van der Waals surface area contributed by atoms with Gasteiger partial charge in [-0.1, -0.05) is 6.07 Å². The third kappa shape index (κ3) is 1.04. The van der Waals surface area contributed by atoms with E-state index in [1.54, 1.807) is 6.20 Å². The molecule has 1 aromatic heterocycles. The van der Waals surface area contributed by atoms with Crippen LogP contribution in [0.15, 0.2) is 22.8 Å². The molecule has 0 amide bonds. The first-order chi connectivity index (χ1) is 5.83. The van der Waals surface area contributed by atoms with Crippen molar-refractivity contribution in [1.29, 1.82) is 0 Å². The highest BCUT2D eigenvalue weighted by Crippen LogP contribution is 2.25. The average molecular weight is 226 g/mol. The second-order valence-corrected chi connectivity index (χ2v) is 3.37. The topological polar surface area (TPSA) is 54.7 Å². The number of nitrogens with zero attached hydrogens (tertiary/aromatic N) is 1. The van der Waals surface area contributed by atoms with E-state index in [4.69, 9.17) is 5.73 Å². The van der Waals surface area contributed by atoms with Crippen molar-refractivity contribution in [3.63, 3.8) is 0 Å². The predicted molar refractivity (Wildman–Crippen MR) is 51.7 cm³/mol. The normalized spacial score (nSPS) is 10.8. The molecule has 0 atom stereocenters. The summed E-state index contributed by atoms with van der Waals surface area (Å²) in [6.07, 6.45) is 1.79. The number of benzene rings is 1. The first-order valence-electron chi connectivity index (χ1n) is 3.63. The largest absolute Gasteiger partial charge is 0.326 e. The highest BCUT2D eigenvalue weighted by molar-refractivity contribution is 9.10.